The predicted octanol–water partition coefficient (Wildman–Crippen LogP) is 4.06. The van der Waals surface area contributed by atoms with Gasteiger partial charge in [-0.25, -0.2) is 4.79 Å². The number of carbonyl (C=O) groups is 1. The van der Waals surface area contributed by atoms with Gasteiger partial charge >= 0.3 is 5.69 Å². The Morgan fingerprint density at radius 3 is 2.60 bits per heavy atom. The van der Waals surface area contributed by atoms with E-state index in [1.807, 2.05) is 66.1 Å². The topological polar surface area (TPSA) is 118 Å². The Bertz CT molecular complexity index is 1540. The van der Waals surface area contributed by atoms with Crippen molar-refractivity contribution >= 4 is 34.4 Å². The lowest BCUT2D eigenvalue weighted by Crippen LogP contribution is -2.14. The number of para-hydroxylation sites is 2. The number of fused-ring (bicyclic) bond motifs is 1. The first-order valence-electron chi connectivity index (χ1n) is 10.9. The van der Waals surface area contributed by atoms with Crippen molar-refractivity contribution in [1.82, 2.24) is 24.7 Å². The van der Waals surface area contributed by atoms with Gasteiger partial charge in [0.05, 0.1) is 16.8 Å². The van der Waals surface area contributed by atoms with Crippen molar-refractivity contribution in [2.75, 3.05) is 11.1 Å². The van der Waals surface area contributed by atoms with E-state index < -0.39 is 0 Å². The number of imidazole rings is 1. The first kappa shape index (κ1) is 22.5. The van der Waals surface area contributed by atoms with Crippen LogP contribution in [0, 0.1) is 6.92 Å². The molecule has 10 heteroatoms. The monoisotopic (exact) mass is 486 g/mol. The van der Waals surface area contributed by atoms with Gasteiger partial charge in [0.15, 0.2) is 11.0 Å². The predicted molar refractivity (Wildman–Crippen MR) is 135 cm³/mol. The summed E-state index contributed by atoms with van der Waals surface area (Å²) in [5.41, 5.74) is 3.52. The number of aromatic amines is 2. The zero-order chi connectivity index (χ0) is 24.2. The third-order valence-electron chi connectivity index (χ3n) is 5.30. The van der Waals surface area contributed by atoms with Crippen molar-refractivity contribution in [3.8, 4) is 11.4 Å². The summed E-state index contributed by atoms with van der Waals surface area (Å²) in [5, 5.41) is 12.1. The molecule has 1 amide bonds. The van der Waals surface area contributed by atoms with E-state index in [1.165, 1.54) is 11.8 Å². The largest absolute Gasteiger partial charge is 0.485 e. The molecule has 2 heterocycles. The average molecular weight is 487 g/mol. The summed E-state index contributed by atoms with van der Waals surface area (Å²) in [6.07, 6.45) is 0. The molecule has 0 saturated carbocycles. The molecule has 0 spiro atoms. The Morgan fingerprint density at radius 1 is 1.00 bits per heavy atom. The normalized spacial score (nSPS) is 11.0. The van der Waals surface area contributed by atoms with Crippen LogP contribution in [-0.2, 0) is 11.4 Å². The summed E-state index contributed by atoms with van der Waals surface area (Å²) in [4.78, 5) is 29.4. The van der Waals surface area contributed by atoms with Crippen molar-refractivity contribution in [2.45, 2.75) is 18.7 Å². The molecule has 3 N–H and O–H groups in total. The second-order valence-corrected chi connectivity index (χ2v) is 8.74. The molecule has 5 rings (SSSR count). The minimum atomic E-state index is -0.290. The fraction of sp³-hybridized carbons (Fsp3) is 0.120. The van der Waals surface area contributed by atoms with Gasteiger partial charge in [-0.1, -0.05) is 48.2 Å². The van der Waals surface area contributed by atoms with Crippen molar-refractivity contribution < 1.29 is 9.53 Å². The lowest BCUT2D eigenvalue weighted by atomic mass is 10.2. The van der Waals surface area contributed by atoms with E-state index in [0.29, 0.717) is 27.7 Å². The number of thioether (sulfide) groups is 1. The van der Waals surface area contributed by atoms with Crippen LogP contribution in [0.5, 0.6) is 5.75 Å². The molecular weight excluding hydrogens is 464 g/mol. The maximum absolute atomic E-state index is 12.6. The van der Waals surface area contributed by atoms with Gasteiger partial charge in [-0.15, -0.1) is 10.2 Å². The van der Waals surface area contributed by atoms with Crippen molar-refractivity contribution in [1.29, 1.82) is 0 Å². The zero-order valence-electron chi connectivity index (χ0n) is 18.8. The Morgan fingerprint density at radius 2 is 1.77 bits per heavy atom. The molecule has 0 aliphatic heterocycles. The summed E-state index contributed by atoms with van der Waals surface area (Å²) in [6, 6.07) is 22.7. The van der Waals surface area contributed by atoms with Crippen LogP contribution in [-0.4, -0.2) is 36.4 Å². The van der Waals surface area contributed by atoms with Crippen LogP contribution in [0.15, 0.2) is 82.7 Å². The Kier molecular flexibility index (Phi) is 6.36. The van der Waals surface area contributed by atoms with Crippen LogP contribution in [0.1, 0.15) is 11.4 Å². The number of nitrogens with one attached hydrogen (secondary N) is 3. The quantitative estimate of drug-likeness (QED) is 0.285. The molecule has 9 nitrogen and oxygen atoms in total. The maximum Gasteiger partial charge on any atom is 0.323 e. The van der Waals surface area contributed by atoms with Gasteiger partial charge in [0.2, 0.25) is 5.91 Å². The molecular formula is C25H22N6O3S. The molecule has 0 fully saturated rings. The highest BCUT2D eigenvalue weighted by molar-refractivity contribution is 7.99. The first-order valence-corrected chi connectivity index (χ1v) is 11.9. The highest BCUT2D eigenvalue weighted by atomic mass is 32.2. The van der Waals surface area contributed by atoms with Crippen LogP contribution >= 0.6 is 11.8 Å². The summed E-state index contributed by atoms with van der Waals surface area (Å²) < 4.78 is 7.90. The number of anilines is 1. The minimum Gasteiger partial charge on any atom is -0.485 e. The van der Waals surface area contributed by atoms with Crippen molar-refractivity contribution in [2.24, 2.45) is 0 Å². The number of ether oxygens (including phenoxy) is 1. The van der Waals surface area contributed by atoms with Crippen LogP contribution in [0.2, 0.25) is 0 Å². The number of H-pyrrole nitrogens is 2. The number of carbonyl (C=O) groups excluding carboxylic acids is 1. The number of benzene rings is 3. The van der Waals surface area contributed by atoms with Gasteiger partial charge in [0, 0.05) is 11.4 Å². The third-order valence-corrected chi connectivity index (χ3v) is 6.23. The van der Waals surface area contributed by atoms with Crippen molar-refractivity contribution in [3.63, 3.8) is 0 Å². The van der Waals surface area contributed by atoms with Crippen LogP contribution < -0.4 is 15.7 Å². The third kappa shape index (κ3) is 5.12. The molecule has 35 heavy (non-hydrogen) atoms. The fourth-order valence-corrected chi connectivity index (χ4v) is 4.39. The molecule has 0 aliphatic rings. The first-order chi connectivity index (χ1) is 17.1. The number of rotatable bonds is 8. The van der Waals surface area contributed by atoms with E-state index in [-0.39, 0.29) is 24.0 Å². The molecule has 0 saturated heterocycles. The van der Waals surface area contributed by atoms with Gasteiger partial charge in [-0.2, -0.15) is 0 Å². The van der Waals surface area contributed by atoms with Crippen LogP contribution in [0.3, 0.4) is 0 Å². The fourth-order valence-electron chi connectivity index (χ4n) is 3.62. The van der Waals surface area contributed by atoms with E-state index in [0.717, 1.165) is 17.0 Å². The van der Waals surface area contributed by atoms with Gasteiger partial charge in [-0.3, -0.25) is 9.36 Å². The number of hydrogen-bond acceptors (Lipinski definition) is 6. The number of aryl methyl sites for hydroxylation is 1. The molecule has 0 unspecified atom stereocenters. The van der Waals surface area contributed by atoms with Gasteiger partial charge in [-0.05, 0) is 48.9 Å². The standard InChI is InChI=1S/C25H22N6O3S/c1-16-7-5-6-10-21(16)34-14-22-29-30-25(31(22)18-8-3-2-4-9-18)35-15-23(32)26-17-11-12-19-20(13-17)28-24(33)27-19/h2-13H,14-15H2,1H3,(H,26,32)(H2,27,28,33). The molecule has 2 aromatic heterocycles. The molecule has 3 aromatic carbocycles. The van der Waals surface area contributed by atoms with Crippen molar-refractivity contribution in [3.05, 3.63) is 94.7 Å². The zero-order valence-corrected chi connectivity index (χ0v) is 19.6. The molecule has 0 aliphatic carbocycles. The smallest absolute Gasteiger partial charge is 0.323 e. The van der Waals surface area contributed by atoms with Gasteiger partial charge in [0.25, 0.3) is 0 Å². The number of hydrogen-bond donors (Lipinski definition) is 3. The molecule has 0 radical (unpaired) electrons. The van der Waals surface area contributed by atoms with Gasteiger partial charge < -0.3 is 20.0 Å². The van der Waals surface area contributed by atoms with Crippen LogP contribution in [0.25, 0.3) is 16.7 Å². The van der Waals surface area contributed by atoms with E-state index in [9.17, 15) is 9.59 Å². The second kappa shape index (κ2) is 9.90. The summed E-state index contributed by atoms with van der Waals surface area (Å²) in [6.45, 7) is 2.22. The Balaban J connectivity index is 1.31. The summed E-state index contributed by atoms with van der Waals surface area (Å²) in [5.74, 6) is 1.34. The lowest BCUT2D eigenvalue weighted by Gasteiger charge is -2.12. The van der Waals surface area contributed by atoms with E-state index in [1.54, 1.807) is 18.2 Å². The molecule has 0 bridgehead atoms. The maximum atomic E-state index is 12.6. The number of aromatic nitrogens is 5. The highest BCUT2D eigenvalue weighted by Gasteiger charge is 2.17. The highest BCUT2D eigenvalue weighted by Crippen LogP contribution is 2.24. The summed E-state index contributed by atoms with van der Waals surface area (Å²) >= 11 is 1.28. The lowest BCUT2D eigenvalue weighted by molar-refractivity contribution is -0.113. The van der Waals surface area contributed by atoms with E-state index in [2.05, 4.69) is 25.5 Å². The number of amides is 1. The molecule has 0 atom stereocenters. The minimum absolute atomic E-state index is 0.130. The van der Waals surface area contributed by atoms with Gasteiger partial charge in [0.1, 0.15) is 12.4 Å². The molecule has 5 aromatic rings. The second-order valence-electron chi connectivity index (χ2n) is 7.80. The molecule has 176 valence electrons. The SMILES string of the molecule is Cc1ccccc1OCc1nnc(SCC(=O)Nc2ccc3[nH]c(=O)[nH]c3c2)n1-c1ccccc1. The van der Waals surface area contributed by atoms with E-state index in [4.69, 9.17) is 4.74 Å². The van der Waals surface area contributed by atoms with Crippen LogP contribution in [0.4, 0.5) is 5.69 Å². The Hall–Kier alpha value is -4.31. The Labute approximate surface area is 204 Å². The van der Waals surface area contributed by atoms with E-state index >= 15 is 0 Å². The average Bonchev–Trinajstić information content (AvgIpc) is 3.44. The summed E-state index contributed by atoms with van der Waals surface area (Å²) in [7, 11) is 0. The number of nitrogens with zero attached hydrogens (tertiary/aromatic N) is 3.